The van der Waals surface area contributed by atoms with Gasteiger partial charge in [-0.25, -0.2) is 0 Å². The summed E-state index contributed by atoms with van der Waals surface area (Å²) in [6, 6.07) is 0.167. The molecule has 0 aromatic heterocycles. The Morgan fingerprint density at radius 2 is 2.06 bits per heavy atom. The monoisotopic (exact) mass is 273 g/mol. The Labute approximate surface area is 115 Å². The standard InChI is InChI=1S/C14H27NO2S/c1-11(2)15-13(14(16)17-3)8-9-18-10-12-6-4-5-7-12/h11-13,15H,4-10H2,1-3H3. The molecule has 4 heteroatoms. The van der Waals surface area contributed by atoms with Crippen molar-refractivity contribution in [2.75, 3.05) is 18.6 Å². The maximum atomic E-state index is 11.6. The highest BCUT2D eigenvalue weighted by Gasteiger charge is 2.20. The van der Waals surface area contributed by atoms with E-state index in [-0.39, 0.29) is 12.0 Å². The van der Waals surface area contributed by atoms with Crippen LogP contribution in [0.15, 0.2) is 0 Å². The molecule has 1 aliphatic rings. The summed E-state index contributed by atoms with van der Waals surface area (Å²) in [5, 5.41) is 3.27. The van der Waals surface area contributed by atoms with Crippen molar-refractivity contribution in [2.24, 2.45) is 5.92 Å². The molecule has 0 amide bonds. The Morgan fingerprint density at radius 3 is 2.61 bits per heavy atom. The molecule has 1 fully saturated rings. The first kappa shape index (κ1) is 15.8. The van der Waals surface area contributed by atoms with Gasteiger partial charge < -0.3 is 10.1 Å². The second-order valence-electron chi connectivity index (χ2n) is 5.41. The number of carbonyl (C=O) groups is 1. The van der Waals surface area contributed by atoms with Gasteiger partial charge in [-0.3, -0.25) is 4.79 Å². The van der Waals surface area contributed by atoms with Crippen molar-refractivity contribution in [1.82, 2.24) is 5.32 Å². The van der Waals surface area contributed by atoms with Crippen LogP contribution in [0.25, 0.3) is 0 Å². The van der Waals surface area contributed by atoms with E-state index >= 15 is 0 Å². The van der Waals surface area contributed by atoms with Crippen molar-refractivity contribution in [3.63, 3.8) is 0 Å². The summed E-state index contributed by atoms with van der Waals surface area (Å²) < 4.78 is 4.83. The van der Waals surface area contributed by atoms with Crippen LogP contribution in [0.1, 0.15) is 46.0 Å². The molecule has 1 rings (SSSR count). The van der Waals surface area contributed by atoms with E-state index in [1.807, 2.05) is 11.8 Å². The molecule has 0 aromatic rings. The maximum absolute atomic E-state index is 11.6. The fourth-order valence-electron chi connectivity index (χ4n) is 2.44. The van der Waals surface area contributed by atoms with E-state index in [0.29, 0.717) is 6.04 Å². The van der Waals surface area contributed by atoms with Crippen molar-refractivity contribution >= 4 is 17.7 Å². The number of methoxy groups -OCH3 is 1. The highest BCUT2D eigenvalue weighted by molar-refractivity contribution is 7.99. The predicted octanol–water partition coefficient (Wildman–Crippen LogP) is 2.84. The van der Waals surface area contributed by atoms with E-state index in [4.69, 9.17) is 4.74 Å². The molecular formula is C14H27NO2S. The molecule has 0 saturated heterocycles. The number of ether oxygens (including phenoxy) is 1. The first-order chi connectivity index (χ1) is 8.63. The number of rotatable bonds is 8. The minimum Gasteiger partial charge on any atom is -0.468 e. The fraction of sp³-hybridized carbons (Fsp3) is 0.929. The van der Waals surface area contributed by atoms with Crippen LogP contribution in [0, 0.1) is 5.92 Å². The van der Waals surface area contributed by atoms with Gasteiger partial charge in [0.05, 0.1) is 7.11 Å². The molecule has 0 aliphatic heterocycles. The zero-order valence-corrected chi connectivity index (χ0v) is 12.7. The average Bonchev–Trinajstić information content (AvgIpc) is 2.84. The highest BCUT2D eigenvalue weighted by Crippen LogP contribution is 2.28. The van der Waals surface area contributed by atoms with Gasteiger partial charge in [0.1, 0.15) is 6.04 Å². The Balaban J connectivity index is 2.17. The third-order valence-corrected chi connectivity index (χ3v) is 4.63. The molecule has 0 radical (unpaired) electrons. The van der Waals surface area contributed by atoms with Crippen molar-refractivity contribution in [3.05, 3.63) is 0 Å². The number of thioether (sulfide) groups is 1. The summed E-state index contributed by atoms with van der Waals surface area (Å²) in [6.45, 7) is 4.11. The molecule has 1 unspecified atom stereocenters. The smallest absolute Gasteiger partial charge is 0.322 e. The van der Waals surface area contributed by atoms with E-state index in [0.717, 1.165) is 18.1 Å². The SMILES string of the molecule is COC(=O)C(CCSCC1CCCC1)NC(C)C. The molecule has 18 heavy (non-hydrogen) atoms. The molecule has 3 nitrogen and oxygen atoms in total. The number of nitrogens with one attached hydrogen (secondary N) is 1. The van der Waals surface area contributed by atoms with Crippen LogP contribution in [-0.4, -0.2) is 36.7 Å². The van der Waals surface area contributed by atoms with Crippen molar-refractivity contribution in [3.8, 4) is 0 Å². The Kier molecular flexibility index (Phi) is 7.75. The summed E-state index contributed by atoms with van der Waals surface area (Å²) in [7, 11) is 1.46. The van der Waals surface area contributed by atoms with Crippen LogP contribution in [0.3, 0.4) is 0 Å². The van der Waals surface area contributed by atoms with Gasteiger partial charge in [-0.05, 0) is 36.7 Å². The van der Waals surface area contributed by atoms with Gasteiger partial charge in [-0.1, -0.05) is 26.7 Å². The molecular weight excluding hydrogens is 246 g/mol. The van der Waals surface area contributed by atoms with E-state index in [9.17, 15) is 4.79 Å². The maximum Gasteiger partial charge on any atom is 0.322 e. The van der Waals surface area contributed by atoms with E-state index < -0.39 is 0 Å². The van der Waals surface area contributed by atoms with Gasteiger partial charge in [-0.2, -0.15) is 11.8 Å². The number of hydrogen-bond donors (Lipinski definition) is 1. The summed E-state index contributed by atoms with van der Waals surface area (Å²) in [5.41, 5.74) is 0. The van der Waals surface area contributed by atoms with Gasteiger partial charge in [0, 0.05) is 6.04 Å². The molecule has 1 saturated carbocycles. The quantitative estimate of drug-likeness (QED) is 0.545. The lowest BCUT2D eigenvalue weighted by Crippen LogP contribution is -2.42. The van der Waals surface area contributed by atoms with Crippen LogP contribution in [0.4, 0.5) is 0 Å². The minimum absolute atomic E-state index is 0.134. The molecule has 1 N–H and O–H groups in total. The van der Waals surface area contributed by atoms with Crippen molar-refractivity contribution < 1.29 is 9.53 Å². The number of carbonyl (C=O) groups excluding carboxylic acids is 1. The fourth-order valence-corrected chi connectivity index (χ4v) is 3.68. The van der Waals surface area contributed by atoms with Crippen LogP contribution < -0.4 is 5.32 Å². The Bertz CT molecular complexity index is 240. The van der Waals surface area contributed by atoms with Crippen LogP contribution >= 0.6 is 11.8 Å². The zero-order chi connectivity index (χ0) is 13.4. The van der Waals surface area contributed by atoms with Gasteiger partial charge in [0.25, 0.3) is 0 Å². The average molecular weight is 273 g/mol. The Morgan fingerprint density at radius 1 is 1.39 bits per heavy atom. The first-order valence-corrected chi connectivity index (χ1v) is 8.20. The van der Waals surface area contributed by atoms with Gasteiger partial charge in [0.15, 0.2) is 0 Å². The lowest BCUT2D eigenvalue weighted by Gasteiger charge is -2.19. The second-order valence-corrected chi connectivity index (χ2v) is 6.56. The third kappa shape index (κ3) is 6.10. The molecule has 0 bridgehead atoms. The molecule has 1 atom stereocenters. The largest absolute Gasteiger partial charge is 0.468 e. The third-order valence-electron chi connectivity index (χ3n) is 3.40. The minimum atomic E-state index is -0.147. The lowest BCUT2D eigenvalue weighted by molar-refractivity contribution is -0.143. The predicted molar refractivity (Wildman–Crippen MR) is 78.0 cm³/mol. The highest BCUT2D eigenvalue weighted by atomic mass is 32.2. The van der Waals surface area contributed by atoms with Crippen molar-refractivity contribution in [1.29, 1.82) is 0 Å². The molecule has 0 aromatic carbocycles. The molecule has 0 spiro atoms. The van der Waals surface area contributed by atoms with E-state index in [1.165, 1.54) is 38.5 Å². The van der Waals surface area contributed by atoms with E-state index in [2.05, 4.69) is 19.2 Å². The van der Waals surface area contributed by atoms with Crippen LogP contribution in [0.5, 0.6) is 0 Å². The van der Waals surface area contributed by atoms with Crippen molar-refractivity contribution in [2.45, 2.75) is 58.0 Å². The van der Waals surface area contributed by atoms with Crippen LogP contribution in [0.2, 0.25) is 0 Å². The zero-order valence-electron chi connectivity index (χ0n) is 11.9. The number of hydrogen-bond acceptors (Lipinski definition) is 4. The summed E-state index contributed by atoms with van der Waals surface area (Å²) in [5.74, 6) is 3.08. The lowest BCUT2D eigenvalue weighted by atomic mass is 10.1. The molecule has 106 valence electrons. The first-order valence-electron chi connectivity index (χ1n) is 7.05. The topological polar surface area (TPSA) is 38.3 Å². The van der Waals surface area contributed by atoms with Crippen LogP contribution in [-0.2, 0) is 9.53 Å². The summed E-state index contributed by atoms with van der Waals surface area (Å²) in [4.78, 5) is 11.6. The second kappa shape index (κ2) is 8.81. The molecule has 0 heterocycles. The van der Waals surface area contributed by atoms with Gasteiger partial charge in [0.2, 0.25) is 0 Å². The summed E-state index contributed by atoms with van der Waals surface area (Å²) in [6.07, 6.45) is 6.48. The van der Waals surface area contributed by atoms with Gasteiger partial charge >= 0.3 is 5.97 Å². The number of esters is 1. The van der Waals surface area contributed by atoms with Gasteiger partial charge in [-0.15, -0.1) is 0 Å². The van der Waals surface area contributed by atoms with E-state index in [1.54, 1.807) is 0 Å². The summed E-state index contributed by atoms with van der Waals surface area (Å²) >= 11 is 1.99. The Hall–Kier alpha value is -0.220. The molecule has 1 aliphatic carbocycles. The normalized spacial score (nSPS) is 18.2.